The molecule has 2 aromatic rings. The van der Waals surface area contributed by atoms with Crippen molar-refractivity contribution in [3.63, 3.8) is 0 Å². The molecule has 21 heavy (non-hydrogen) atoms. The molecular weight excluding hydrogens is 276 g/mol. The summed E-state index contributed by atoms with van der Waals surface area (Å²) in [5.41, 5.74) is 2.77. The number of hydrogen-bond acceptors (Lipinski definition) is 3. The van der Waals surface area contributed by atoms with Crippen LogP contribution in [0.2, 0.25) is 0 Å². The second-order valence-electron chi connectivity index (χ2n) is 5.80. The van der Waals surface area contributed by atoms with Crippen molar-refractivity contribution in [2.45, 2.75) is 51.5 Å². The summed E-state index contributed by atoms with van der Waals surface area (Å²) in [4.78, 5) is 6.41. The minimum Gasteiger partial charge on any atom is -0.309 e. The van der Waals surface area contributed by atoms with Gasteiger partial charge in [0.15, 0.2) is 0 Å². The molecule has 1 aliphatic carbocycles. The van der Waals surface area contributed by atoms with E-state index in [4.69, 9.17) is 4.98 Å². The van der Waals surface area contributed by atoms with Crippen LogP contribution in [-0.4, -0.2) is 11.5 Å². The van der Waals surface area contributed by atoms with Gasteiger partial charge in [-0.1, -0.05) is 37.3 Å². The number of rotatable bonds is 6. The average Bonchev–Trinajstić information content (AvgIpc) is 2.95. The van der Waals surface area contributed by atoms with Gasteiger partial charge in [0, 0.05) is 17.3 Å². The maximum absolute atomic E-state index is 4.90. The van der Waals surface area contributed by atoms with Gasteiger partial charge in [0.1, 0.15) is 0 Å². The number of nitrogens with zero attached hydrogens (tertiary/aromatic N) is 1. The highest BCUT2D eigenvalue weighted by Gasteiger charge is 2.23. The summed E-state index contributed by atoms with van der Waals surface area (Å²) in [7, 11) is 0. The number of nitrogens with one attached hydrogen (secondary N) is 1. The van der Waals surface area contributed by atoms with Crippen LogP contribution in [0.5, 0.6) is 0 Å². The molecule has 0 fully saturated rings. The highest BCUT2D eigenvalue weighted by Crippen LogP contribution is 2.34. The highest BCUT2D eigenvalue weighted by molar-refractivity contribution is 7.11. The number of aromatic nitrogens is 1. The van der Waals surface area contributed by atoms with Crippen LogP contribution < -0.4 is 5.32 Å². The molecule has 1 aliphatic rings. The molecule has 0 radical (unpaired) electrons. The summed E-state index contributed by atoms with van der Waals surface area (Å²) in [5.74, 6) is 0. The molecule has 0 bridgehead atoms. The summed E-state index contributed by atoms with van der Waals surface area (Å²) in [5, 5.41) is 5.00. The van der Waals surface area contributed by atoms with Crippen molar-refractivity contribution in [1.29, 1.82) is 0 Å². The zero-order valence-corrected chi connectivity index (χ0v) is 13.6. The van der Waals surface area contributed by atoms with E-state index in [1.807, 2.05) is 11.3 Å². The molecule has 0 saturated carbocycles. The first-order valence-electron chi connectivity index (χ1n) is 8.12. The molecule has 3 heteroatoms. The molecule has 0 aliphatic heterocycles. The zero-order chi connectivity index (χ0) is 14.5. The SMILES string of the molecule is CCCNC1CCCc2nc(CCc3ccccc3)sc21. The fourth-order valence-corrected chi connectivity index (χ4v) is 4.21. The monoisotopic (exact) mass is 300 g/mol. The Labute approximate surface area is 131 Å². The minimum absolute atomic E-state index is 0.552. The second-order valence-corrected chi connectivity index (χ2v) is 6.92. The highest BCUT2D eigenvalue weighted by atomic mass is 32.1. The summed E-state index contributed by atoms with van der Waals surface area (Å²) >= 11 is 1.94. The van der Waals surface area contributed by atoms with E-state index >= 15 is 0 Å². The summed E-state index contributed by atoms with van der Waals surface area (Å²) in [6, 6.07) is 11.3. The third-order valence-corrected chi connectivity index (χ3v) is 5.38. The lowest BCUT2D eigenvalue weighted by atomic mass is 9.98. The Bertz CT molecular complexity index is 562. The van der Waals surface area contributed by atoms with Crippen molar-refractivity contribution in [3.05, 3.63) is 51.5 Å². The van der Waals surface area contributed by atoms with Crippen LogP contribution in [0.3, 0.4) is 0 Å². The second kappa shape index (κ2) is 7.19. The van der Waals surface area contributed by atoms with Crippen LogP contribution in [0.15, 0.2) is 30.3 Å². The fourth-order valence-electron chi connectivity index (χ4n) is 2.99. The zero-order valence-electron chi connectivity index (χ0n) is 12.8. The number of thiazole rings is 1. The van der Waals surface area contributed by atoms with E-state index in [0.717, 1.165) is 19.4 Å². The molecule has 0 saturated heterocycles. The normalized spacial score (nSPS) is 17.7. The summed E-state index contributed by atoms with van der Waals surface area (Å²) in [6.07, 6.45) is 7.08. The van der Waals surface area contributed by atoms with E-state index in [1.165, 1.54) is 46.8 Å². The van der Waals surface area contributed by atoms with Crippen LogP contribution in [0, 0.1) is 0 Å². The third-order valence-electron chi connectivity index (χ3n) is 4.11. The summed E-state index contributed by atoms with van der Waals surface area (Å²) < 4.78 is 0. The standard InChI is InChI=1S/C18H24N2S/c1-2-13-19-15-9-6-10-16-18(15)21-17(20-16)12-11-14-7-4-3-5-8-14/h3-5,7-8,15,19H,2,6,9-13H2,1H3. The topological polar surface area (TPSA) is 24.9 Å². The van der Waals surface area contributed by atoms with Crippen LogP contribution in [-0.2, 0) is 19.3 Å². The van der Waals surface area contributed by atoms with E-state index < -0.39 is 0 Å². The van der Waals surface area contributed by atoms with E-state index in [0.29, 0.717) is 6.04 Å². The molecule has 1 unspecified atom stereocenters. The van der Waals surface area contributed by atoms with Gasteiger partial charge >= 0.3 is 0 Å². The Balaban J connectivity index is 1.66. The molecule has 1 N–H and O–H groups in total. The third kappa shape index (κ3) is 3.72. The molecule has 1 aromatic carbocycles. The molecule has 0 amide bonds. The lowest BCUT2D eigenvalue weighted by molar-refractivity contribution is 0.464. The molecule has 1 aromatic heterocycles. The van der Waals surface area contributed by atoms with Crippen LogP contribution in [0.25, 0.3) is 0 Å². The Hall–Kier alpha value is -1.19. The lowest BCUT2D eigenvalue weighted by Crippen LogP contribution is -2.24. The van der Waals surface area contributed by atoms with Gasteiger partial charge in [0.2, 0.25) is 0 Å². The van der Waals surface area contributed by atoms with Gasteiger partial charge in [-0.25, -0.2) is 4.98 Å². The molecule has 0 spiro atoms. The van der Waals surface area contributed by atoms with E-state index in [2.05, 4.69) is 42.6 Å². The average molecular weight is 300 g/mol. The molecule has 1 heterocycles. The van der Waals surface area contributed by atoms with Gasteiger partial charge < -0.3 is 5.32 Å². The predicted octanol–water partition coefficient (Wildman–Crippen LogP) is 4.31. The smallest absolute Gasteiger partial charge is 0.0935 e. The molecular formula is C18H24N2S. The van der Waals surface area contributed by atoms with Gasteiger partial charge in [-0.05, 0) is 44.2 Å². The van der Waals surface area contributed by atoms with E-state index in [1.54, 1.807) is 0 Å². The largest absolute Gasteiger partial charge is 0.309 e. The van der Waals surface area contributed by atoms with E-state index in [-0.39, 0.29) is 0 Å². The Morgan fingerprint density at radius 1 is 1.24 bits per heavy atom. The van der Waals surface area contributed by atoms with Gasteiger partial charge in [-0.15, -0.1) is 11.3 Å². The number of aryl methyl sites for hydroxylation is 3. The fraction of sp³-hybridized carbons (Fsp3) is 0.500. The van der Waals surface area contributed by atoms with Crippen molar-refractivity contribution >= 4 is 11.3 Å². The predicted molar refractivity (Wildman–Crippen MR) is 89.9 cm³/mol. The quantitative estimate of drug-likeness (QED) is 0.860. The first kappa shape index (κ1) is 14.7. The van der Waals surface area contributed by atoms with Crippen LogP contribution >= 0.6 is 11.3 Å². The summed E-state index contributed by atoms with van der Waals surface area (Å²) in [6.45, 7) is 3.34. The van der Waals surface area contributed by atoms with Crippen molar-refractivity contribution in [3.8, 4) is 0 Å². The van der Waals surface area contributed by atoms with Crippen LogP contribution in [0.1, 0.15) is 53.4 Å². The van der Waals surface area contributed by atoms with Crippen molar-refractivity contribution in [1.82, 2.24) is 10.3 Å². The molecule has 2 nitrogen and oxygen atoms in total. The Morgan fingerprint density at radius 2 is 2.10 bits per heavy atom. The molecule has 112 valence electrons. The van der Waals surface area contributed by atoms with Crippen LogP contribution in [0.4, 0.5) is 0 Å². The molecule has 1 atom stereocenters. The molecule has 3 rings (SSSR count). The van der Waals surface area contributed by atoms with Crippen molar-refractivity contribution in [2.75, 3.05) is 6.54 Å². The Morgan fingerprint density at radius 3 is 2.90 bits per heavy atom. The van der Waals surface area contributed by atoms with E-state index in [9.17, 15) is 0 Å². The lowest BCUT2D eigenvalue weighted by Gasteiger charge is -2.22. The van der Waals surface area contributed by atoms with Crippen molar-refractivity contribution < 1.29 is 0 Å². The van der Waals surface area contributed by atoms with Gasteiger partial charge in [0.05, 0.1) is 10.7 Å². The maximum atomic E-state index is 4.90. The maximum Gasteiger partial charge on any atom is 0.0935 e. The number of hydrogen-bond donors (Lipinski definition) is 1. The van der Waals surface area contributed by atoms with Crippen molar-refractivity contribution in [2.24, 2.45) is 0 Å². The van der Waals surface area contributed by atoms with Gasteiger partial charge in [-0.3, -0.25) is 0 Å². The van der Waals surface area contributed by atoms with Gasteiger partial charge in [0.25, 0.3) is 0 Å². The first-order chi connectivity index (χ1) is 10.4. The minimum atomic E-state index is 0.552. The Kier molecular flexibility index (Phi) is 5.04. The first-order valence-corrected chi connectivity index (χ1v) is 8.94. The number of fused-ring (bicyclic) bond motifs is 1. The number of benzene rings is 1. The van der Waals surface area contributed by atoms with Gasteiger partial charge in [-0.2, -0.15) is 0 Å².